The molecule has 0 spiro atoms. The number of aliphatic hydroxyl groups excluding tert-OH is 11. The van der Waals surface area contributed by atoms with E-state index in [0.717, 1.165) is 57.8 Å². The van der Waals surface area contributed by atoms with E-state index in [0.29, 0.717) is 12.8 Å². The summed E-state index contributed by atoms with van der Waals surface area (Å²) >= 11 is 0. The van der Waals surface area contributed by atoms with Gasteiger partial charge in [-0.3, -0.25) is 4.79 Å². The lowest BCUT2D eigenvalue weighted by Crippen LogP contribution is -2.66. The van der Waals surface area contributed by atoms with E-state index in [-0.39, 0.29) is 18.9 Å². The lowest BCUT2D eigenvalue weighted by atomic mass is 9.96. The molecule has 3 heterocycles. The second kappa shape index (κ2) is 65.0. The molecule has 3 rings (SSSR count). The summed E-state index contributed by atoms with van der Waals surface area (Å²) in [7, 11) is 0. The summed E-state index contributed by atoms with van der Waals surface area (Å²) in [6, 6.07) is -0.999. The van der Waals surface area contributed by atoms with Gasteiger partial charge in [0.05, 0.1) is 38.6 Å². The topological polar surface area (TPSA) is 307 Å². The van der Waals surface area contributed by atoms with Crippen molar-refractivity contribution in [3.63, 3.8) is 0 Å². The predicted octanol–water partition coefficient (Wildman–Crippen LogP) is 14.8. The molecule has 0 aromatic rings. The van der Waals surface area contributed by atoms with Crippen LogP contribution in [0.15, 0.2) is 72.9 Å². The minimum Gasteiger partial charge on any atom is -0.394 e. The van der Waals surface area contributed by atoms with Gasteiger partial charge in [-0.2, -0.15) is 0 Å². The molecule has 17 unspecified atom stereocenters. The van der Waals surface area contributed by atoms with E-state index in [1.54, 1.807) is 6.08 Å². The molecule has 606 valence electrons. The largest absolute Gasteiger partial charge is 0.394 e. The van der Waals surface area contributed by atoms with Gasteiger partial charge in [0.2, 0.25) is 5.91 Å². The summed E-state index contributed by atoms with van der Waals surface area (Å²) in [6.07, 6.45) is 59.1. The summed E-state index contributed by atoms with van der Waals surface area (Å²) in [5.74, 6) is -0.285. The normalized spacial score (nSPS) is 26.3. The molecule has 3 saturated heterocycles. The van der Waals surface area contributed by atoms with Crippen LogP contribution in [0.1, 0.15) is 328 Å². The molecule has 3 aliphatic heterocycles. The molecule has 19 heteroatoms. The zero-order valence-corrected chi connectivity index (χ0v) is 65.0. The molecule has 0 bridgehead atoms. The number of aliphatic hydroxyl groups is 11. The van der Waals surface area contributed by atoms with Gasteiger partial charge in [0.25, 0.3) is 0 Å². The maximum absolute atomic E-state index is 13.5. The van der Waals surface area contributed by atoms with Crippen molar-refractivity contribution in [3.05, 3.63) is 72.9 Å². The van der Waals surface area contributed by atoms with Crippen LogP contribution in [-0.4, -0.2) is 193 Å². The summed E-state index contributed by atoms with van der Waals surface area (Å²) in [5.41, 5.74) is 0. The highest BCUT2D eigenvalue weighted by molar-refractivity contribution is 5.76. The highest BCUT2D eigenvalue weighted by atomic mass is 16.8. The van der Waals surface area contributed by atoms with Crippen LogP contribution in [0.3, 0.4) is 0 Å². The van der Waals surface area contributed by atoms with Crippen molar-refractivity contribution >= 4 is 5.91 Å². The van der Waals surface area contributed by atoms with Crippen molar-refractivity contribution in [1.29, 1.82) is 0 Å². The van der Waals surface area contributed by atoms with Gasteiger partial charge in [0.1, 0.15) is 73.2 Å². The zero-order chi connectivity index (χ0) is 75.3. The molecule has 3 fully saturated rings. The van der Waals surface area contributed by atoms with E-state index in [2.05, 4.69) is 79.9 Å². The number of carbonyl (C=O) groups excluding carboxylic acids is 1. The second-order valence-electron chi connectivity index (χ2n) is 29.9. The Bertz CT molecular complexity index is 2160. The van der Waals surface area contributed by atoms with Crippen LogP contribution in [0.5, 0.6) is 0 Å². The third-order valence-corrected chi connectivity index (χ3v) is 20.7. The molecule has 104 heavy (non-hydrogen) atoms. The number of carbonyl (C=O) groups is 1. The maximum atomic E-state index is 13.5. The molecule has 0 aromatic heterocycles. The summed E-state index contributed by atoms with van der Waals surface area (Å²) < 4.78 is 34.4. The SMILES string of the molecule is CCCCCCC/C=C\C/C=C\C/C=C\CCCCCCCCCCCCCCCCCCCCCCCCC(=O)NC(COC1OC(CO)C(OC2OC(CO)C(OC3OC(CO)C(O)C(O)C3O)C(O)C2O)C(O)C1O)C(O)/C=C/CC/C=C/CC/C=C/CCCCCCCCCCCCCC. The Morgan fingerprint density at radius 3 is 1.03 bits per heavy atom. The van der Waals surface area contributed by atoms with Gasteiger partial charge in [0, 0.05) is 6.42 Å². The van der Waals surface area contributed by atoms with Crippen LogP contribution in [0.2, 0.25) is 0 Å². The number of rotatable bonds is 67. The average molecular weight is 1480 g/mol. The third kappa shape index (κ3) is 44.2. The van der Waals surface area contributed by atoms with Crippen molar-refractivity contribution in [1.82, 2.24) is 5.32 Å². The van der Waals surface area contributed by atoms with Crippen LogP contribution < -0.4 is 5.32 Å². The van der Waals surface area contributed by atoms with Gasteiger partial charge in [-0.05, 0) is 83.5 Å². The number of allylic oxidation sites excluding steroid dienone is 11. The highest BCUT2D eigenvalue weighted by Crippen LogP contribution is 2.33. The Hall–Kier alpha value is -2.77. The minimum atomic E-state index is -1.98. The van der Waals surface area contributed by atoms with Gasteiger partial charge >= 0.3 is 0 Å². The zero-order valence-electron chi connectivity index (χ0n) is 65.0. The van der Waals surface area contributed by atoms with Crippen LogP contribution in [-0.2, 0) is 33.2 Å². The van der Waals surface area contributed by atoms with E-state index in [9.17, 15) is 61.0 Å². The lowest BCUT2D eigenvalue weighted by molar-refractivity contribution is -0.379. The molecule has 0 aliphatic carbocycles. The first-order chi connectivity index (χ1) is 50.8. The maximum Gasteiger partial charge on any atom is 0.220 e. The quantitative estimate of drug-likeness (QED) is 0.0199. The van der Waals surface area contributed by atoms with Gasteiger partial charge in [-0.1, -0.05) is 311 Å². The first-order valence-electron chi connectivity index (χ1n) is 42.2. The van der Waals surface area contributed by atoms with Crippen molar-refractivity contribution in [3.8, 4) is 0 Å². The Morgan fingerprint density at radius 2 is 0.644 bits per heavy atom. The molecular weight excluding hydrogens is 1320 g/mol. The van der Waals surface area contributed by atoms with E-state index in [1.165, 1.54) is 238 Å². The fourth-order valence-electron chi connectivity index (χ4n) is 13.9. The van der Waals surface area contributed by atoms with Gasteiger partial charge < -0.3 is 89.9 Å². The van der Waals surface area contributed by atoms with Crippen molar-refractivity contribution < 1.29 is 89.4 Å². The minimum absolute atomic E-state index is 0.233. The van der Waals surface area contributed by atoms with Crippen LogP contribution >= 0.6 is 0 Å². The second-order valence-corrected chi connectivity index (χ2v) is 29.9. The molecule has 1 amide bonds. The number of nitrogens with one attached hydrogen (secondary N) is 1. The summed E-state index contributed by atoms with van der Waals surface area (Å²) in [5, 5.41) is 121. The monoisotopic (exact) mass is 1480 g/mol. The Labute approximate surface area is 629 Å². The van der Waals surface area contributed by atoms with Crippen molar-refractivity contribution in [2.45, 2.75) is 433 Å². The molecule has 0 radical (unpaired) electrons. The fraction of sp³-hybridized carbons (Fsp3) is 0.847. The molecule has 0 saturated carbocycles. The predicted molar refractivity (Wildman–Crippen MR) is 415 cm³/mol. The van der Waals surface area contributed by atoms with Crippen LogP contribution in [0, 0.1) is 0 Å². The van der Waals surface area contributed by atoms with E-state index in [1.807, 2.05) is 6.08 Å². The molecule has 19 nitrogen and oxygen atoms in total. The Kier molecular flexibility index (Phi) is 59.6. The van der Waals surface area contributed by atoms with Crippen LogP contribution in [0.25, 0.3) is 0 Å². The lowest BCUT2D eigenvalue weighted by Gasteiger charge is -2.48. The number of hydrogen-bond donors (Lipinski definition) is 12. The average Bonchev–Trinajstić information content (AvgIpc) is 0.783. The van der Waals surface area contributed by atoms with E-state index in [4.69, 9.17) is 28.4 Å². The smallest absolute Gasteiger partial charge is 0.220 e. The van der Waals surface area contributed by atoms with Crippen molar-refractivity contribution in [2.24, 2.45) is 0 Å². The fourth-order valence-corrected chi connectivity index (χ4v) is 13.9. The number of unbranched alkanes of at least 4 members (excludes halogenated alkanes) is 41. The number of amides is 1. The summed E-state index contributed by atoms with van der Waals surface area (Å²) in [4.78, 5) is 13.5. The highest BCUT2D eigenvalue weighted by Gasteiger charge is 2.54. The van der Waals surface area contributed by atoms with Gasteiger partial charge in [0.15, 0.2) is 18.9 Å². The molecule has 0 aromatic carbocycles. The first kappa shape index (κ1) is 95.4. The third-order valence-electron chi connectivity index (χ3n) is 20.7. The number of ether oxygens (including phenoxy) is 6. The van der Waals surface area contributed by atoms with Crippen molar-refractivity contribution in [2.75, 3.05) is 26.4 Å². The first-order valence-corrected chi connectivity index (χ1v) is 42.2. The Morgan fingerprint density at radius 1 is 0.346 bits per heavy atom. The molecule has 12 N–H and O–H groups in total. The van der Waals surface area contributed by atoms with Crippen LogP contribution in [0.4, 0.5) is 0 Å². The standard InChI is InChI=1S/C85H153NO18/c1-3-5-7-9-11-13-15-17-19-21-23-25-27-28-29-30-31-32-33-34-35-36-37-38-39-40-41-43-45-47-49-51-53-55-57-59-61-63-73(91)86-68(69(90)62-60-58-56-54-52-50-48-46-44-42-26-24-22-20-18-16-14-12-10-8-6-4-2)67-99-83-79(97)76(94)81(71(65-88)101-83)104-85-80(98)77(95)82(72(66-89)102-85)103-84-78(96)75(93)74(92)70(64-87)100-84/h15,17,21,23,27-28,44,46,52,54,60,62,68-72,74-85,87-90,92-98H,3-14,16,18-20,22,24-26,29-43,45,47-51,53,55-59,61,63-67H2,1-2H3,(H,86,91)/b17-15-,23-21-,28-27-,46-44+,54-52+,62-60+. The van der Waals surface area contributed by atoms with Gasteiger partial charge in [-0.15, -0.1) is 0 Å². The Balaban J connectivity index is 1.34. The van der Waals surface area contributed by atoms with E-state index < -0.39 is 124 Å². The molecule has 3 aliphatic rings. The van der Waals surface area contributed by atoms with Gasteiger partial charge in [-0.25, -0.2) is 0 Å². The van der Waals surface area contributed by atoms with E-state index >= 15 is 0 Å². The summed E-state index contributed by atoms with van der Waals surface area (Å²) in [6.45, 7) is 1.73. The molecular formula is C85H153NO18. The molecule has 17 atom stereocenters. The number of hydrogen-bond acceptors (Lipinski definition) is 18.